The molecule has 0 bridgehead atoms. The maximum absolute atomic E-state index is 12.8. The second-order valence-corrected chi connectivity index (χ2v) is 7.32. The zero-order valence-corrected chi connectivity index (χ0v) is 16.6. The van der Waals surface area contributed by atoms with Gasteiger partial charge in [0.2, 0.25) is 5.91 Å². The molecule has 1 N–H and O–H groups in total. The fourth-order valence-electron chi connectivity index (χ4n) is 3.75. The largest absolute Gasteiger partial charge is 0.496 e. The first-order valence-electron chi connectivity index (χ1n) is 9.87. The summed E-state index contributed by atoms with van der Waals surface area (Å²) in [6.45, 7) is 5.26. The highest BCUT2D eigenvalue weighted by Crippen LogP contribution is 2.29. The van der Waals surface area contributed by atoms with Crippen LogP contribution in [0.4, 0.5) is 5.82 Å². The molecule has 2 aliphatic heterocycles. The Hall–Kier alpha value is -3.34. The van der Waals surface area contributed by atoms with Crippen LogP contribution < -0.4 is 10.1 Å². The zero-order valence-electron chi connectivity index (χ0n) is 16.6. The molecule has 5 heteroatoms. The lowest BCUT2D eigenvalue weighted by atomic mass is 10.00. The highest BCUT2D eigenvalue weighted by atomic mass is 16.5. The molecule has 148 valence electrons. The number of pyridine rings is 1. The van der Waals surface area contributed by atoms with Gasteiger partial charge in [0, 0.05) is 36.6 Å². The van der Waals surface area contributed by atoms with E-state index in [1.54, 1.807) is 19.4 Å². The van der Waals surface area contributed by atoms with E-state index in [0.717, 1.165) is 65.3 Å². The fourth-order valence-corrected chi connectivity index (χ4v) is 3.75. The lowest BCUT2D eigenvalue weighted by Gasteiger charge is -2.27. The van der Waals surface area contributed by atoms with Gasteiger partial charge in [-0.3, -0.25) is 4.79 Å². The number of nitrogens with zero attached hydrogens (tertiary/aromatic N) is 2. The second kappa shape index (κ2) is 8.35. The maximum atomic E-state index is 12.8. The molecule has 0 spiro atoms. The number of aryl methyl sites for hydroxylation is 1. The summed E-state index contributed by atoms with van der Waals surface area (Å²) in [6, 6.07) is 10.0. The van der Waals surface area contributed by atoms with Gasteiger partial charge in [0.25, 0.3) is 0 Å². The second-order valence-electron chi connectivity index (χ2n) is 7.32. The third-order valence-electron chi connectivity index (χ3n) is 5.31. The molecule has 0 saturated carbocycles. The van der Waals surface area contributed by atoms with Gasteiger partial charge in [0.1, 0.15) is 11.6 Å². The van der Waals surface area contributed by atoms with Crippen molar-refractivity contribution < 1.29 is 9.53 Å². The number of nitrogens with one attached hydrogen (secondary N) is 1. The van der Waals surface area contributed by atoms with E-state index in [1.807, 2.05) is 35.2 Å². The maximum Gasteiger partial charge on any atom is 0.246 e. The number of hydrogen-bond donors (Lipinski definition) is 1. The molecule has 0 radical (unpaired) electrons. The number of aromatic nitrogens is 1. The van der Waals surface area contributed by atoms with Crippen molar-refractivity contribution in [2.75, 3.05) is 25.5 Å². The number of fused-ring (bicyclic) bond motifs is 1. The molecule has 0 atom stereocenters. The predicted octanol–water partition coefficient (Wildman–Crippen LogP) is 4.29. The summed E-state index contributed by atoms with van der Waals surface area (Å²) in [4.78, 5) is 19.1. The Kier molecular flexibility index (Phi) is 5.47. The minimum Gasteiger partial charge on any atom is -0.496 e. The van der Waals surface area contributed by atoms with Crippen LogP contribution in [0.1, 0.15) is 29.5 Å². The molecule has 2 aromatic rings. The van der Waals surface area contributed by atoms with Gasteiger partial charge in [-0.15, -0.1) is 0 Å². The van der Waals surface area contributed by atoms with Crippen LogP contribution in [0.15, 0.2) is 61.0 Å². The highest BCUT2D eigenvalue weighted by molar-refractivity contribution is 5.93. The molecule has 3 heterocycles. The fraction of sp³-hybridized carbons (Fsp3) is 0.250. The van der Waals surface area contributed by atoms with E-state index < -0.39 is 0 Å². The summed E-state index contributed by atoms with van der Waals surface area (Å²) in [5.41, 5.74) is 5.25. The summed E-state index contributed by atoms with van der Waals surface area (Å²) < 4.78 is 5.48. The Labute approximate surface area is 171 Å². The van der Waals surface area contributed by atoms with E-state index in [0.29, 0.717) is 6.54 Å². The molecule has 2 aliphatic rings. The summed E-state index contributed by atoms with van der Waals surface area (Å²) in [5, 5.41) is 3.21. The van der Waals surface area contributed by atoms with Gasteiger partial charge in [-0.05, 0) is 54.2 Å². The number of methoxy groups -OCH3 is 1. The monoisotopic (exact) mass is 387 g/mol. The van der Waals surface area contributed by atoms with Gasteiger partial charge in [-0.25, -0.2) is 4.98 Å². The first-order valence-corrected chi connectivity index (χ1v) is 9.87. The summed E-state index contributed by atoms with van der Waals surface area (Å²) in [5.74, 6) is 1.71. The van der Waals surface area contributed by atoms with Crippen molar-refractivity contribution in [1.82, 2.24) is 9.88 Å². The number of ether oxygens (including phenoxy) is 1. The van der Waals surface area contributed by atoms with E-state index in [2.05, 4.69) is 29.0 Å². The van der Waals surface area contributed by atoms with Crippen molar-refractivity contribution >= 4 is 23.4 Å². The summed E-state index contributed by atoms with van der Waals surface area (Å²) in [7, 11) is 1.67. The van der Waals surface area contributed by atoms with E-state index >= 15 is 0 Å². The lowest BCUT2D eigenvalue weighted by Crippen LogP contribution is -2.34. The standard InChI is InChI=1S/C24H25N3O2/c1-17-9-11-19-14-18(15-25-24(19)26-17)10-12-23(28)27-13-5-6-20(16-27)21-7-3-4-8-22(21)29-2/h3-4,6-8,10,12,14-15H,1,5,9,11,13,16H2,2H3,(H,25,26)/b12-10+. The van der Waals surface area contributed by atoms with Gasteiger partial charge in [0.05, 0.1) is 7.11 Å². The van der Waals surface area contributed by atoms with Crippen LogP contribution in [-0.4, -0.2) is 36.0 Å². The normalized spacial score (nSPS) is 16.2. The van der Waals surface area contributed by atoms with Crippen LogP contribution in [0.25, 0.3) is 11.6 Å². The van der Waals surface area contributed by atoms with Crippen LogP contribution in [-0.2, 0) is 11.2 Å². The molecule has 1 aromatic carbocycles. The van der Waals surface area contributed by atoms with E-state index in [9.17, 15) is 4.79 Å². The average molecular weight is 387 g/mol. The molecule has 1 amide bonds. The molecule has 0 fully saturated rings. The van der Waals surface area contributed by atoms with Crippen molar-refractivity contribution in [2.45, 2.75) is 19.3 Å². The first kappa shape index (κ1) is 19.0. The van der Waals surface area contributed by atoms with Crippen molar-refractivity contribution in [3.05, 3.63) is 77.6 Å². The lowest BCUT2D eigenvalue weighted by molar-refractivity contribution is -0.125. The van der Waals surface area contributed by atoms with Crippen LogP contribution in [0.5, 0.6) is 5.75 Å². The number of anilines is 1. The van der Waals surface area contributed by atoms with Gasteiger partial charge in [0.15, 0.2) is 0 Å². The van der Waals surface area contributed by atoms with Crippen LogP contribution in [0, 0.1) is 0 Å². The summed E-state index contributed by atoms with van der Waals surface area (Å²) in [6.07, 6.45) is 10.1. The SMILES string of the molecule is C=C1CCc2cc(/C=C/C(=O)N3CCC=C(c4ccccc4OC)C3)cnc2N1. The van der Waals surface area contributed by atoms with Crippen LogP contribution in [0.3, 0.4) is 0 Å². The Bertz CT molecular complexity index is 1010. The number of benzene rings is 1. The first-order chi connectivity index (χ1) is 14.1. The summed E-state index contributed by atoms with van der Waals surface area (Å²) >= 11 is 0. The Morgan fingerprint density at radius 1 is 1.31 bits per heavy atom. The molecule has 0 aliphatic carbocycles. The molecular weight excluding hydrogens is 362 g/mol. The Morgan fingerprint density at radius 2 is 2.17 bits per heavy atom. The van der Waals surface area contributed by atoms with Crippen LogP contribution >= 0.6 is 0 Å². The number of carbonyl (C=O) groups excluding carboxylic acids is 1. The van der Waals surface area contributed by atoms with E-state index in [-0.39, 0.29) is 5.91 Å². The van der Waals surface area contributed by atoms with Crippen molar-refractivity contribution in [3.8, 4) is 5.75 Å². The Morgan fingerprint density at radius 3 is 3.03 bits per heavy atom. The van der Waals surface area contributed by atoms with Crippen molar-refractivity contribution in [1.29, 1.82) is 0 Å². The van der Waals surface area contributed by atoms with E-state index in [1.165, 1.54) is 0 Å². The number of hydrogen-bond acceptors (Lipinski definition) is 4. The van der Waals surface area contributed by atoms with Crippen LogP contribution in [0.2, 0.25) is 0 Å². The molecule has 0 saturated heterocycles. The highest BCUT2D eigenvalue weighted by Gasteiger charge is 2.19. The predicted molar refractivity (Wildman–Crippen MR) is 117 cm³/mol. The molecule has 0 unspecified atom stereocenters. The molecule has 29 heavy (non-hydrogen) atoms. The third kappa shape index (κ3) is 4.24. The van der Waals surface area contributed by atoms with Gasteiger partial charge >= 0.3 is 0 Å². The average Bonchev–Trinajstić information content (AvgIpc) is 2.77. The number of carbonyl (C=O) groups is 1. The third-order valence-corrected chi connectivity index (χ3v) is 5.31. The smallest absolute Gasteiger partial charge is 0.246 e. The van der Waals surface area contributed by atoms with Crippen molar-refractivity contribution in [2.24, 2.45) is 0 Å². The molecule has 1 aromatic heterocycles. The number of amides is 1. The Balaban J connectivity index is 1.45. The molecule has 5 nitrogen and oxygen atoms in total. The number of rotatable bonds is 4. The quantitative estimate of drug-likeness (QED) is 0.795. The minimum atomic E-state index is 0.00900. The zero-order chi connectivity index (χ0) is 20.2. The van der Waals surface area contributed by atoms with Gasteiger partial charge in [-0.2, -0.15) is 0 Å². The number of allylic oxidation sites excluding steroid dienone is 1. The minimum absolute atomic E-state index is 0.00900. The molecular formula is C24H25N3O2. The topological polar surface area (TPSA) is 54.5 Å². The van der Waals surface area contributed by atoms with Gasteiger partial charge < -0.3 is 15.0 Å². The number of para-hydroxylation sites is 1. The molecule has 4 rings (SSSR count). The van der Waals surface area contributed by atoms with E-state index in [4.69, 9.17) is 4.74 Å². The van der Waals surface area contributed by atoms with Gasteiger partial charge in [-0.1, -0.05) is 30.9 Å². The van der Waals surface area contributed by atoms with Crippen molar-refractivity contribution in [3.63, 3.8) is 0 Å².